The van der Waals surface area contributed by atoms with Crippen LogP contribution in [0.2, 0.25) is 0 Å². The molecule has 0 radical (unpaired) electrons. The molecule has 0 atom stereocenters. The summed E-state index contributed by atoms with van der Waals surface area (Å²) in [6, 6.07) is 10.4. The molecule has 0 bridgehead atoms. The number of benzene rings is 2. The van der Waals surface area contributed by atoms with E-state index < -0.39 is 0 Å². The van der Waals surface area contributed by atoms with Gasteiger partial charge >= 0.3 is 0 Å². The first-order valence-electron chi connectivity index (χ1n) is 11.1. The summed E-state index contributed by atoms with van der Waals surface area (Å²) in [5.74, 6) is 1.72. The average molecular weight is 425 g/mol. The number of ether oxygens (including phenoxy) is 2. The van der Waals surface area contributed by atoms with Gasteiger partial charge < -0.3 is 23.9 Å². The number of phenolic OH excluding ortho intramolecular Hbond substituents is 1. The lowest BCUT2D eigenvalue weighted by molar-refractivity contribution is -0.913. The van der Waals surface area contributed by atoms with Crippen molar-refractivity contribution >= 4 is 11.0 Å². The Morgan fingerprint density at radius 2 is 1.74 bits per heavy atom. The monoisotopic (exact) mass is 424 g/mol. The molecule has 1 aromatic heterocycles. The van der Waals surface area contributed by atoms with Crippen LogP contribution in [0.5, 0.6) is 23.0 Å². The summed E-state index contributed by atoms with van der Waals surface area (Å²) in [5, 5.41) is 11.0. The maximum atomic E-state index is 13.3. The maximum absolute atomic E-state index is 13.3. The van der Waals surface area contributed by atoms with Gasteiger partial charge in [-0.25, -0.2) is 0 Å². The molecule has 1 aliphatic heterocycles. The van der Waals surface area contributed by atoms with Gasteiger partial charge in [0.15, 0.2) is 17.1 Å². The maximum Gasteiger partial charge on any atom is 0.235 e. The second kappa shape index (κ2) is 9.43. The highest BCUT2D eigenvalue weighted by atomic mass is 16.5. The first-order valence-corrected chi connectivity index (χ1v) is 11.1. The molecule has 6 heteroatoms. The summed E-state index contributed by atoms with van der Waals surface area (Å²) >= 11 is 0. The molecular weight excluding hydrogens is 394 g/mol. The van der Waals surface area contributed by atoms with E-state index >= 15 is 0 Å². The van der Waals surface area contributed by atoms with Gasteiger partial charge in [0.25, 0.3) is 0 Å². The minimum absolute atomic E-state index is 0.137. The van der Waals surface area contributed by atoms with Gasteiger partial charge in [-0.1, -0.05) is 12.1 Å². The van der Waals surface area contributed by atoms with Crippen LogP contribution < -0.4 is 19.8 Å². The van der Waals surface area contributed by atoms with Crippen LogP contribution in [-0.2, 0) is 6.54 Å². The number of nitrogens with one attached hydrogen (secondary N) is 1. The van der Waals surface area contributed by atoms with E-state index in [1.54, 1.807) is 31.2 Å². The van der Waals surface area contributed by atoms with Crippen molar-refractivity contribution in [2.24, 2.45) is 0 Å². The molecule has 0 aliphatic carbocycles. The summed E-state index contributed by atoms with van der Waals surface area (Å²) in [6.07, 6.45) is 4.87. The smallest absolute Gasteiger partial charge is 0.235 e. The molecule has 1 aliphatic rings. The van der Waals surface area contributed by atoms with E-state index in [4.69, 9.17) is 13.9 Å². The van der Waals surface area contributed by atoms with Gasteiger partial charge in [-0.3, -0.25) is 4.79 Å². The fourth-order valence-electron chi connectivity index (χ4n) is 4.26. The van der Waals surface area contributed by atoms with Gasteiger partial charge in [0.05, 0.1) is 30.6 Å². The van der Waals surface area contributed by atoms with Crippen LogP contribution in [-0.4, -0.2) is 24.8 Å². The molecule has 0 unspecified atom stereocenters. The van der Waals surface area contributed by atoms with E-state index in [9.17, 15) is 9.90 Å². The van der Waals surface area contributed by atoms with Gasteiger partial charge in [0, 0.05) is 0 Å². The lowest BCUT2D eigenvalue weighted by Crippen LogP contribution is -3.10. The summed E-state index contributed by atoms with van der Waals surface area (Å²) in [6.45, 7) is 6.87. The number of likely N-dealkylation sites (tertiary alicyclic amines) is 1. The van der Waals surface area contributed by atoms with Gasteiger partial charge in [0.2, 0.25) is 11.2 Å². The molecule has 1 fully saturated rings. The Kier molecular flexibility index (Phi) is 6.47. The molecule has 1 saturated heterocycles. The molecule has 164 valence electrons. The zero-order valence-corrected chi connectivity index (χ0v) is 18.2. The van der Waals surface area contributed by atoms with Crippen LogP contribution in [0.25, 0.3) is 11.0 Å². The van der Waals surface area contributed by atoms with Gasteiger partial charge in [-0.2, -0.15) is 0 Å². The van der Waals surface area contributed by atoms with Crippen LogP contribution in [0.4, 0.5) is 0 Å². The molecule has 2 N–H and O–H groups in total. The van der Waals surface area contributed by atoms with Crippen molar-refractivity contribution in [3.05, 3.63) is 57.9 Å². The SMILES string of the molecule is CCOc1ccccc1Oc1c(C)oc2c(C[NH+]3CCCCCC3)c(O)ccc2c1=O. The van der Waals surface area contributed by atoms with Crippen LogP contribution >= 0.6 is 0 Å². The van der Waals surface area contributed by atoms with Gasteiger partial charge in [0.1, 0.15) is 18.1 Å². The highest BCUT2D eigenvalue weighted by Crippen LogP contribution is 2.34. The molecule has 6 nitrogen and oxygen atoms in total. The molecule has 2 aromatic carbocycles. The van der Waals surface area contributed by atoms with Crippen LogP contribution in [0.1, 0.15) is 43.9 Å². The average Bonchev–Trinajstić information content (AvgIpc) is 3.03. The first kappa shape index (κ1) is 21.2. The number of phenols is 1. The molecule has 2 heterocycles. The normalized spacial score (nSPS) is 15.0. The number of rotatable bonds is 6. The summed E-state index contributed by atoms with van der Waals surface area (Å²) in [4.78, 5) is 14.7. The van der Waals surface area contributed by atoms with E-state index in [0.717, 1.165) is 13.1 Å². The van der Waals surface area contributed by atoms with Crippen molar-refractivity contribution in [1.82, 2.24) is 0 Å². The predicted molar refractivity (Wildman–Crippen MR) is 119 cm³/mol. The Hall–Kier alpha value is -2.99. The first-order chi connectivity index (χ1) is 15.1. The summed E-state index contributed by atoms with van der Waals surface area (Å²) < 4.78 is 17.7. The van der Waals surface area contributed by atoms with E-state index in [1.807, 2.05) is 19.1 Å². The second-order valence-corrected chi connectivity index (χ2v) is 8.08. The van der Waals surface area contributed by atoms with Crippen molar-refractivity contribution in [3.8, 4) is 23.0 Å². The van der Waals surface area contributed by atoms with Crippen molar-refractivity contribution in [1.29, 1.82) is 0 Å². The Balaban J connectivity index is 1.74. The Morgan fingerprint density at radius 1 is 1.03 bits per heavy atom. The molecule has 0 saturated carbocycles. The number of aromatic hydroxyl groups is 1. The molecule has 4 rings (SSSR count). The fraction of sp³-hybridized carbons (Fsp3) is 0.400. The van der Waals surface area contributed by atoms with E-state index in [-0.39, 0.29) is 16.9 Å². The second-order valence-electron chi connectivity index (χ2n) is 8.08. The Labute approximate surface area is 182 Å². The molecule has 0 spiro atoms. The van der Waals surface area contributed by atoms with E-state index in [2.05, 4.69) is 0 Å². The highest BCUT2D eigenvalue weighted by Gasteiger charge is 2.22. The standard InChI is InChI=1S/C25H29NO5/c1-3-29-21-10-6-7-11-22(21)31-24-17(2)30-25-18(23(24)28)12-13-20(27)19(25)16-26-14-8-4-5-9-15-26/h6-7,10-13,27H,3-5,8-9,14-16H2,1-2H3/p+1. The molecule has 31 heavy (non-hydrogen) atoms. The van der Waals surface area contributed by atoms with Crippen LogP contribution in [0, 0.1) is 6.92 Å². The van der Waals surface area contributed by atoms with Gasteiger partial charge in [-0.15, -0.1) is 0 Å². The minimum atomic E-state index is -0.253. The lowest BCUT2D eigenvalue weighted by atomic mass is 10.1. The Bertz CT molecular complexity index is 1110. The van der Waals surface area contributed by atoms with Crippen molar-refractivity contribution in [2.75, 3.05) is 19.7 Å². The van der Waals surface area contributed by atoms with Crippen molar-refractivity contribution < 1.29 is 23.9 Å². The predicted octanol–water partition coefficient (Wildman–Crippen LogP) is 3.96. The zero-order valence-electron chi connectivity index (χ0n) is 18.2. The third-order valence-corrected chi connectivity index (χ3v) is 5.86. The van der Waals surface area contributed by atoms with Crippen molar-refractivity contribution in [3.63, 3.8) is 0 Å². The highest BCUT2D eigenvalue weighted by molar-refractivity contribution is 5.83. The molecule has 3 aromatic rings. The molecule has 0 amide bonds. The number of quaternary nitrogens is 1. The number of hydrogen-bond acceptors (Lipinski definition) is 5. The number of fused-ring (bicyclic) bond motifs is 1. The van der Waals surface area contributed by atoms with E-state index in [1.165, 1.54) is 30.6 Å². The summed E-state index contributed by atoms with van der Waals surface area (Å²) in [5.41, 5.74) is 0.887. The molecular formula is C25H30NO5+. The van der Waals surface area contributed by atoms with Crippen molar-refractivity contribution in [2.45, 2.75) is 46.1 Å². The zero-order chi connectivity index (χ0) is 21.8. The third kappa shape index (κ3) is 4.54. The van der Waals surface area contributed by atoms with E-state index in [0.29, 0.717) is 46.9 Å². The van der Waals surface area contributed by atoms with Gasteiger partial charge in [-0.05, 0) is 63.8 Å². The van der Waals surface area contributed by atoms with Crippen LogP contribution in [0.3, 0.4) is 0 Å². The number of aryl methyl sites for hydroxylation is 1. The number of hydrogen-bond donors (Lipinski definition) is 2. The minimum Gasteiger partial charge on any atom is -0.507 e. The largest absolute Gasteiger partial charge is 0.507 e. The van der Waals surface area contributed by atoms with Crippen LogP contribution in [0.15, 0.2) is 45.6 Å². The quantitative estimate of drug-likeness (QED) is 0.627. The topological polar surface area (TPSA) is 73.3 Å². The third-order valence-electron chi connectivity index (χ3n) is 5.86. The number of para-hydroxylation sites is 2. The lowest BCUT2D eigenvalue weighted by Gasteiger charge is -2.19. The summed E-state index contributed by atoms with van der Waals surface area (Å²) in [7, 11) is 0. The fourth-order valence-corrected chi connectivity index (χ4v) is 4.26. The Morgan fingerprint density at radius 3 is 2.45 bits per heavy atom.